The first-order chi connectivity index (χ1) is 10.5. The molecule has 22 heavy (non-hydrogen) atoms. The maximum atomic E-state index is 11.9. The number of hydrogen-bond donors (Lipinski definition) is 1. The van der Waals surface area contributed by atoms with Crippen molar-refractivity contribution in [2.45, 2.75) is 39.0 Å². The molecule has 0 atom stereocenters. The Bertz CT molecular complexity index is 580. The second kappa shape index (κ2) is 7.27. The van der Waals surface area contributed by atoms with Crippen LogP contribution in [0.5, 0.6) is 0 Å². The molecule has 0 radical (unpaired) electrons. The Hall–Kier alpha value is -2.07. The molecule has 1 amide bonds. The van der Waals surface area contributed by atoms with Crippen molar-refractivity contribution in [3.63, 3.8) is 0 Å². The van der Waals surface area contributed by atoms with Gasteiger partial charge in [0.15, 0.2) is 0 Å². The summed E-state index contributed by atoms with van der Waals surface area (Å²) in [6.07, 6.45) is 3.24. The van der Waals surface area contributed by atoms with Crippen LogP contribution in [0.3, 0.4) is 0 Å². The lowest BCUT2D eigenvalue weighted by Crippen LogP contribution is -2.24. The quantitative estimate of drug-likeness (QED) is 0.651. The predicted octanol–water partition coefficient (Wildman–Crippen LogP) is 3.87. The van der Waals surface area contributed by atoms with Crippen molar-refractivity contribution in [1.29, 1.82) is 0 Å². The highest BCUT2D eigenvalue weighted by atomic mass is 16.6. The van der Waals surface area contributed by atoms with Crippen molar-refractivity contribution in [3.05, 3.63) is 59.5 Å². The second-order valence-electron chi connectivity index (χ2n) is 6.29. The molecule has 1 N–H and O–H groups in total. The number of carbonyl (C=O) groups excluding carboxylic acids is 1. The Morgan fingerprint density at radius 1 is 1.18 bits per heavy atom. The molecular formula is C18H23NO3. The Balaban J connectivity index is 1.73. The van der Waals surface area contributed by atoms with E-state index in [0.29, 0.717) is 12.2 Å². The molecule has 4 heteroatoms. The molecule has 0 unspecified atom stereocenters. The topological polar surface area (TPSA) is 51.5 Å². The van der Waals surface area contributed by atoms with Gasteiger partial charge in [-0.3, -0.25) is 9.63 Å². The second-order valence-corrected chi connectivity index (χ2v) is 6.29. The summed E-state index contributed by atoms with van der Waals surface area (Å²) in [7, 11) is 0. The predicted molar refractivity (Wildman–Crippen MR) is 85.6 cm³/mol. The van der Waals surface area contributed by atoms with Gasteiger partial charge in [-0.1, -0.05) is 32.9 Å². The van der Waals surface area contributed by atoms with Gasteiger partial charge in [-0.05, 0) is 41.7 Å². The van der Waals surface area contributed by atoms with Crippen LogP contribution in [-0.2, 0) is 16.7 Å². The lowest BCUT2D eigenvalue weighted by Gasteiger charge is -2.19. The van der Waals surface area contributed by atoms with E-state index in [1.165, 1.54) is 5.56 Å². The third kappa shape index (κ3) is 4.74. The van der Waals surface area contributed by atoms with Crippen LogP contribution < -0.4 is 5.48 Å². The van der Waals surface area contributed by atoms with Crippen LogP contribution in [0, 0.1) is 0 Å². The fourth-order valence-corrected chi connectivity index (χ4v) is 2.07. The van der Waals surface area contributed by atoms with E-state index in [1.807, 2.05) is 36.4 Å². The first kappa shape index (κ1) is 16.3. The first-order valence-electron chi connectivity index (χ1n) is 7.52. The van der Waals surface area contributed by atoms with E-state index >= 15 is 0 Å². The highest BCUT2D eigenvalue weighted by Crippen LogP contribution is 2.22. The highest BCUT2D eigenvalue weighted by molar-refractivity contribution is 5.93. The molecule has 0 saturated heterocycles. The molecule has 0 fully saturated rings. The van der Waals surface area contributed by atoms with E-state index in [0.717, 1.165) is 18.6 Å². The number of carbonyl (C=O) groups is 1. The summed E-state index contributed by atoms with van der Waals surface area (Å²) in [4.78, 5) is 17.1. The van der Waals surface area contributed by atoms with Crippen LogP contribution in [0.2, 0.25) is 0 Å². The van der Waals surface area contributed by atoms with Gasteiger partial charge in [0.1, 0.15) is 5.76 Å². The van der Waals surface area contributed by atoms with Gasteiger partial charge in [0, 0.05) is 12.0 Å². The van der Waals surface area contributed by atoms with Crippen molar-refractivity contribution in [2.75, 3.05) is 6.61 Å². The van der Waals surface area contributed by atoms with Gasteiger partial charge < -0.3 is 4.42 Å². The zero-order valence-electron chi connectivity index (χ0n) is 13.4. The summed E-state index contributed by atoms with van der Waals surface area (Å²) in [6.45, 7) is 6.88. The van der Waals surface area contributed by atoms with Gasteiger partial charge in [-0.25, -0.2) is 5.48 Å². The molecule has 0 bridgehead atoms. The third-order valence-corrected chi connectivity index (χ3v) is 3.43. The molecule has 118 valence electrons. The summed E-state index contributed by atoms with van der Waals surface area (Å²) in [6, 6.07) is 11.4. The Labute approximate surface area is 131 Å². The number of hydrogen-bond acceptors (Lipinski definition) is 3. The summed E-state index contributed by atoms with van der Waals surface area (Å²) in [5.41, 5.74) is 4.34. The van der Waals surface area contributed by atoms with Crippen LogP contribution in [0.1, 0.15) is 48.9 Å². The van der Waals surface area contributed by atoms with Crippen molar-refractivity contribution >= 4 is 5.91 Å². The summed E-state index contributed by atoms with van der Waals surface area (Å²) >= 11 is 0. The molecule has 0 spiro atoms. The van der Waals surface area contributed by atoms with Crippen LogP contribution in [0.4, 0.5) is 0 Å². The molecule has 1 aromatic heterocycles. The molecule has 2 rings (SSSR count). The number of furan rings is 1. The standard InChI is InChI=1S/C18H23NO3/c1-18(2,3)15-10-8-14(9-11-15)17(20)19-22-13-5-7-16-6-4-12-21-16/h4,6,8-12H,5,7,13H2,1-3H3,(H,19,20). The molecule has 0 aliphatic rings. The molecule has 1 heterocycles. The normalized spacial score (nSPS) is 11.4. The van der Waals surface area contributed by atoms with E-state index in [-0.39, 0.29) is 11.3 Å². The van der Waals surface area contributed by atoms with Crippen molar-refractivity contribution in [3.8, 4) is 0 Å². The fourth-order valence-electron chi connectivity index (χ4n) is 2.07. The number of benzene rings is 1. The van der Waals surface area contributed by atoms with Gasteiger partial charge in [0.05, 0.1) is 12.9 Å². The summed E-state index contributed by atoms with van der Waals surface area (Å²) < 4.78 is 5.23. The van der Waals surface area contributed by atoms with Crippen molar-refractivity contribution < 1.29 is 14.0 Å². The van der Waals surface area contributed by atoms with Gasteiger partial charge in [-0.15, -0.1) is 0 Å². The average molecular weight is 301 g/mol. The fraction of sp³-hybridized carbons (Fsp3) is 0.389. The molecule has 1 aromatic carbocycles. The maximum absolute atomic E-state index is 11.9. The molecular weight excluding hydrogens is 278 g/mol. The Morgan fingerprint density at radius 2 is 1.91 bits per heavy atom. The van der Waals surface area contributed by atoms with E-state index in [9.17, 15) is 4.79 Å². The van der Waals surface area contributed by atoms with Crippen LogP contribution in [-0.4, -0.2) is 12.5 Å². The minimum Gasteiger partial charge on any atom is -0.469 e. The number of rotatable bonds is 6. The van der Waals surface area contributed by atoms with E-state index in [4.69, 9.17) is 9.25 Å². The van der Waals surface area contributed by atoms with Gasteiger partial charge in [0.2, 0.25) is 0 Å². The molecule has 0 aliphatic heterocycles. The van der Waals surface area contributed by atoms with Gasteiger partial charge >= 0.3 is 0 Å². The van der Waals surface area contributed by atoms with Gasteiger partial charge in [-0.2, -0.15) is 0 Å². The highest BCUT2D eigenvalue weighted by Gasteiger charge is 2.14. The van der Waals surface area contributed by atoms with Gasteiger partial charge in [0.25, 0.3) is 5.91 Å². The Kier molecular flexibility index (Phi) is 5.39. The maximum Gasteiger partial charge on any atom is 0.274 e. The van der Waals surface area contributed by atoms with Crippen LogP contribution in [0.15, 0.2) is 47.1 Å². The molecule has 0 aliphatic carbocycles. The number of nitrogens with one attached hydrogen (secondary N) is 1. The first-order valence-corrected chi connectivity index (χ1v) is 7.52. The smallest absolute Gasteiger partial charge is 0.274 e. The zero-order valence-corrected chi connectivity index (χ0v) is 13.4. The van der Waals surface area contributed by atoms with E-state index < -0.39 is 0 Å². The van der Waals surface area contributed by atoms with Crippen LogP contribution >= 0.6 is 0 Å². The lowest BCUT2D eigenvalue weighted by atomic mass is 9.87. The SMILES string of the molecule is CC(C)(C)c1ccc(C(=O)NOCCCc2ccco2)cc1. The summed E-state index contributed by atoms with van der Waals surface area (Å²) in [5.74, 6) is 0.700. The van der Waals surface area contributed by atoms with E-state index in [1.54, 1.807) is 6.26 Å². The molecule has 2 aromatic rings. The van der Waals surface area contributed by atoms with E-state index in [2.05, 4.69) is 26.3 Å². The lowest BCUT2D eigenvalue weighted by molar-refractivity contribution is 0.0301. The Morgan fingerprint density at radius 3 is 2.50 bits per heavy atom. The third-order valence-electron chi connectivity index (χ3n) is 3.43. The number of amides is 1. The monoisotopic (exact) mass is 301 g/mol. The largest absolute Gasteiger partial charge is 0.469 e. The molecule has 4 nitrogen and oxygen atoms in total. The minimum absolute atomic E-state index is 0.0807. The van der Waals surface area contributed by atoms with Crippen molar-refractivity contribution in [2.24, 2.45) is 0 Å². The molecule has 0 saturated carbocycles. The zero-order chi connectivity index (χ0) is 16.0. The number of aryl methyl sites for hydroxylation is 1. The number of hydroxylamine groups is 1. The van der Waals surface area contributed by atoms with Crippen molar-refractivity contribution in [1.82, 2.24) is 5.48 Å². The summed E-state index contributed by atoms with van der Waals surface area (Å²) in [5, 5.41) is 0. The van der Waals surface area contributed by atoms with Crippen LogP contribution in [0.25, 0.3) is 0 Å². The average Bonchev–Trinajstić information content (AvgIpc) is 2.99. The minimum atomic E-state index is -0.224.